The number of halogens is 1. The molecule has 0 bridgehead atoms. The van der Waals surface area contributed by atoms with Crippen molar-refractivity contribution < 1.29 is 4.79 Å². The maximum Gasteiger partial charge on any atom is 0.254 e. The summed E-state index contributed by atoms with van der Waals surface area (Å²) < 4.78 is 0. The Morgan fingerprint density at radius 3 is 2.76 bits per heavy atom. The van der Waals surface area contributed by atoms with Gasteiger partial charge in [0.15, 0.2) is 0 Å². The number of nitrogens with zero attached hydrogens (tertiary/aromatic N) is 1. The number of carbonyl (C=O) groups is 1. The number of amides is 1. The fourth-order valence-corrected chi connectivity index (χ4v) is 3.77. The Kier molecular flexibility index (Phi) is 4.10. The first-order chi connectivity index (χ1) is 12.1. The monoisotopic (exact) mass is 350 g/mol. The third kappa shape index (κ3) is 2.96. The lowest BCUT2D eigenvalue weighted by atomic mass is 9.96. The molecule has 4 rings (SSSR count). The third-order valence-electron chi connectivity index (χ3n) is 4.78. The van der Waals surface area contributed by atoms with Crippen LogP contribution in [0.4, 0.5) is 0 Å². The van der Waals surface area contributed by atoms with Gasteiger partial charge in [0.2, 0.25) is 0 Å². The van der Waals surface area contributed by atoms with Crippen LogP contribution in [0, 0.1) is 6.92 Å². The van der Waals surface area contributed by atoms with E-state index in [1.54, 1.807) is 12.1 Å². The lowest BCUT2D eigenvalue weighted by Gasteiger charge is -2.27. The Morgan fingerprint density at radius 2 is 2.00 bits per heavy atom. The molecule has 0 spiro atoms. The van der Waals surface area contributed by atoms with Crippen LogP contribution in [-0.4, -0.2) is 28.9 Å². The van der Waals surface area contributed by atoms with Crippen LogP contribution in [0.1, 0.15) is 28.0 Å². The summed E-state index contributed by atoms with van der Waals surface area (Å²) in [7, 11) is 0. The highest BCUT2D eigenvalue weighted by Crippen LogP contribution is 2.32. The van der Waals surface area contributed by atoms with Crippen molar-refractivity contribution in [1.82, 2.24) is 9.88 Å². The summed E-state index contributed by atoms with van der Waals surface area (Å²) in [5.41, 5.74) is 5.58. The normalized spacial score (nSPS) is 14.6. The lowest BCUT2D eigenvalue weighted by Crippen LogP contribution is -2.34. The van der Waals surface area contributed by atoms with Gasteiger partial charge in [0.1, 0.15) is 0 Å². The van der Waals surface area contributed by atoms with Crippen LogP contribution in [0.5, 0.6) is 0 Å². The standard InChI is InChI=1S/C21H19ClN2O/c1-14-20(18-7-2-3-8-19(18)23-14)15-9-11-24(12-10-15)21(25)16-5-4-6-17(22)13-16/h2-9,13,23H,10-12H2,1H3. The summed E-state index contributed by atoms with van der Waals surface area (Å²) in [5, 5.41) is 1.84. The van der Waals surface area contributed by atoms with Gasteiger partial charge in [-0.3, -0.25) is 4.79 Å². The Bertz CT molecular complexity index is 986. The fraction of sp³-hybridized carbons (Fsp3) is 0.190. The van der Waals surface area contributed by atoms with Crippen molar-refractivity contribution in [3.8, 4) is 0 Å². The number of para-hydroxylation sites is 1. The number of hydrogen-bond donors (Lipinski definition) is 1. The van der Waals surface area contributed by atoms with Crippen LogP contribution in [0.15, 0.2) is 54.6 Å². The van der Waals surface area contributed by atoms with E-state index in [4.69, 9.17) is 11.6 Å². The van der Waals surface area contributed by atoms with E-state index in [1.165, 1.54) is 22.2 Å². The summed E-state index contributed by atoms with van der Waals surface area (Å²) in [6.07, 6.45) is 3.03. The number of aromatic amines is 1. The second-order valence-electron chi connectivity index (χ2n) is 6.41. The van der Waals surface area contributed by atoms with Crippen molar-refractivity contribution in [2.75, 3.05) is 13.1 Å². The largest absolute Gasteiger partial charge is 0.358 e. The molecule has 3 aromatic rings. The molecular weight excluding hydrogens is 332 g/mol. The van der Waals surface area contributed by atoms with Crippen LogP contribution < -0.4 is 0 Å². The van der Waals surface area contributed by atoms with E-state index in [-0.39, 0.29) is 5.91 Å². The SMILES string of the molecule is Cc1[nH]c2ccccc2c1C1=CCN(C(=O)c2cccc(Cl)c2)CC1. The minimum Gasteiger partial charge on any atom is -0.358 e. The van der Waals surface area contributed by atoms with E-state index in [1.807, 2.05) is 23.1 Å². The van der Waals surface area contributed by atoms with Crippen LogP contribution >= 0.6 is 11.6 Å². The number of nitrogens with one attached hydrogen (secondary N) is 1. The molecule has 0 atom stereocenters. The van der Waals surface area contributed by atoms with E-state index < -0.39 is 0 Å². The third-order valence-corrected chi connectivity index (χ3v) is 5.02. The van der Waals surface area contributed by atoms with E-state index >= 15 is 0 Å². The Morgan fingerprint density at radius 1 is 1.16 bits per heavy atom. The maximum absolute atomic E-state index is 12.7. The van der Waals surface area contributed by atoms with E-state index in [2.05, 4.69) is 36.2 Å². The minimum absolute atomic E-state index is 0.0356. The topological polar surface area (TPSA) is 36.1 Å². The fourth-order valence-electron chi connectivity index (χ4n) is 3.58. The van der Waals surface area contributed by atoms with Gasteiger partial charge in [-0.25, -0.2) is 0 Å². The average molecular weight is 351 g/mol. The molecule has 126 valence electrons. The molecule has 1 amide bonds. The number of fused-ring (bicyclic) bond motifs is 1. The number of benzene rings is 2. The predicted molar refractivity (Wildman–Crippen MR) is 103 cm³/mol. The predicted octanol–water partition coefficient (Wildman–Crippen LogP) is 5.06. The van der Waals surface area contributed by atoms with Crippen molar-refractivity contribution in [1.29, 1.82) is 0 Å². The first-order valence-electron chi connectivity index (χ1n) is 8.45. The molecule has 2 heterocycles. The van der Waals surface area contributed by atoms with Crippen molar-refractivity contribution in [3.05, 3.63) is 76.5 Å². The smallest absolute Gasteiger partial charge is 0.254 e. The highest BCUT2D eigenvalue weighted by atomic mass is 35.5. The molecule has 0 radical (unpaired) electrons. The van der Waals surface area contributed by atoms with E-state index in [0.29, 0.717) is 17.1 Å². The quantitative estimate of drug-likeness (QED) is 0.689. The number of carbonyl (C=O) groups excluding carboxylic acids is 1. The molecule has 25 heavy (non-hydrogen) atoms. The molecule has 1 aliphatic heterocycles. The highest BCUT2D eigenvalue weighted by Gasteiger charge is 2.21. The molecule has 0 fully saturated rings. The van der Waals surface area contributed by atoms with Crippen LogP contribution in [0.2, 0.25) is 5.02 Å². The second-order valence-corrected chi connectivity index (χ2v) is 6.85. The summed E-state index contributed by atoms with van der Waals surface area (Å²) in [6, 6.07) is 15.5. The van der Waals surface area contributed by atoms with Crippen LogP contribution in [-0.2, 0) is 0 Å². The zero-order chi connectivity index (χ0) is 17.4. The minimum atomic E-state index is 0.0356. The second kappa shape index (κ2) is 6.41. The zero-order valence-electron chi connectivity index (χ0n) is 14.1. The van der Waals surface area contributed by atoms with Crippen molar-refractivity contribution in [2.24, 2.45) is 0 Å². The zero-order valence-corrected chi connectivity index (χ0v) is 14.8. The molecule has 1 aromatic heterocycles. The van der Waals surface area contributed by atoms with Crippen molar-refractivity contribution in [3.63, 3.8) is 0 Å². The van der Waals surface area contributed by atoms with Gasteiger partial charge >= 0.3 is 0 Å². The van der Waals surface area contributed by atoms with E-state index in [0.717, 1.165) is 18.5 Å². The number of aryl methyl sites for hydroxylation is 1. The van der Waals surface area contributed by atoms with Gasteiger partial charge in [-0.05, 0) is 43.2 Å². The number of aromatic nitrogens is 1. The maximum atomic E-state index is 12.7. The van der Waals surface area contributed by atoms with Gasteiger partial charge in [-0.15, -0.1) is 0 Å². The van der Waals surface area contributed by atoms with Crippen molar-refractivity contribution in [2.45, 2.75) is 13.3 Å². The van der Waals surface area contributed by atoms with E-state index in [9.17, 15) is 4.79 Å². The lowest BCUT2D eigenvalue weighted by molar-refractivity contribution is 0.0773. The average Bonchev–Trinajstić information content (AvgIpc) is 2.97. The number of H-pyrrole nitrogens is 1. The Hall–Kier alpha value is -2.52. The highest BCUT2D eigenvalue weighted by molar-refractivity contribution is 6.30. The molecule has 1 N–H and O–H groups in total. The van der Waals surface area contributed by atoms with Gasteiger partial charge in [0, 0.05) is 45.8 Å². The summed E-state index contributed by atoms with van der Waals surface area (Å²) >= 11 is 6.01. The number of hydrogen-bond acceptors (Lipinski definition) is 1. The molecule has 0 aliphatic carbocycles. The molecule has 0 saturated carbocycles. The van der Waals surface area contributed by atoms with Gasteiger partial charge in [-0.1, -0.05) is 41.9 Å². The molecule has 0 saturated heterocycles. The Balaban J connectivity index is 1.60. The Labute approximate surface area is 151 Å². The molecule has 0 unspecified atom stereocenters. The van der Waals surface area contributed by atoms with Gasteiger partial charge in [0.25, 0.3) is 5.91 Å². The van der Waals surface area contributed by atoms with Crippen LogP contribution in [0.25, 0.3) is 16.5 Å². The summed E-state index contributed by atoms with van der Waals surface area (Å²) in [5.74, 6) is 0.0356. The first kappa shape index (κ1) is 16.0. The van der Waals surface area contributed by atoms with Crippen LogP contribution in [0.3, 0.4) is 0 Å². The molecule has 2 aromatic carbocycles. The first-order valence-corrected chi connectivity index (χ1v) is 8.83. The van der Waals surface area contributed by atoms with Gasteiger partial charge < -0.3 is 9.88 Å². The van der Waals surface area contributed by atoms with Crippen molar-refractivity contribution >= 4 is 34.0 Å². The summed E-state index contributed by atoms with van der Waals surface area (Å²) in [6.45, 7) is 3.45. The van der Waals surface area contributed by atoms with Gasteiger partial charge in [0.05, 0.1) is 0 Å². The molecule has 1 aliphatic rings. The number of rotatable bonds is 2. The molecular formula is C21H19ClN2O. The molecule has 4 heteroatoms. The summed E-state index contributed by atoms with van der Waals surface area (Å²) in [4.78, 5) is 18.0. The van der Waals surface area contributed by atoms with Gasteiger partial charge in [-0.2, -0.15) is 0 Å². The molecule has 3 nitrogen and oxygen atoms in total.